The average molecular weight is 559 g/mol. The number of fused-ring (bicyclic) bond motifs is 1. The highest BCUT2D eigenvalue weighted by Crippen LogP contribution is 2.38. The van der Waals surface area contributed by atoms with Crippen LogP contribution in [0.5, 0.6) is 0 Å². The van der Waals surface area contributed by atoms with Crippen LogP contribution in [0.4, 0.5) is 11.4 Å². The van der Waals surface area contributed by atoms with Gasteiger partial charge >= 0.3 is 5.97 Å². The summed E-state index contributed by atoms with van der Waals surface area (Å²) in [6, 6.07) is 14.2. The van der Waals surface area contributed by atoms with Gasteiger partial charge in [0.15, 0.2) is 0 Å². The zero-order valence-corrected chi connectivity index (χ0v) is 25.9. The Morgan fingerprint density at radius 3 is 2.37 bits per heavy atom. The van der Waals surface area contributed by atoms with E-state index in [0.717, 1.165) is 63.2 Å². The summed E-state index contributed by atoms with van der Waals surface area (Å²) in [6.07, 6.45) is 0.721. The number of nitrogens with zero attached hydrogens (tertiary/aromatic N) is 2. The quantitative estimate of drug-likeness (QED) is 0.222. The first-order valence-electron chi connectivity index (χ1n) is 14.6. The number of hydrazine groups is 1. The van der Waals surface area contributed by atoms with E-state index in [1.54, 1.807) is 0 Å². The first kappa shape index (κ1) is 31.7. The van der Waals surface area contributed by atoms with Crippen LogP contribution in [-0.4, -0.2) is 42.0 Å². The number of aryl methyl sites for hydroxylation is 2. The molecule has 1 aliphatic rings. The molecule has 41 heavy (non-hydrogen) atoms. The lowest BCUT2D eigenvalue weighted by Gasteiger charge is -2.31. The van der Waals surface area contributed by atoms with E-state index >= 15 is 0 Å². The van der Waals surface area contributed by atoms with Crippen molar-refractivity contribution in [2.75, 3.05) is 30.9 Å². The van der Waals surface area contributed by atoms with E-state index in [-0.39, 0.29) is 18.2 Å². The molecule has 7 heteroatoms. The second kappa shape index (κ2) is 13.7. The highest BCUT2D eigenvalue weighted by atomic mass is 16.4. The molecule has 0 saturated carbocycles. The van der Waals surface area contributed by atoms with Crippen LogP contribution in [0.2, 0.25) is 0 Å². The third-order valence-corrected chi connectivity index (χ3v) is 8.14. The number of aliphatic carboxylic acids is 1. The molecule has 0 aromatic heterocycles. The molecule has 7 nitrogen and oxygen atoms in total. The lowest BCUT2D eigenvalue weighted by atomic mass is 9.83. The second-order valence-electron chi connectivity index (χ2n) is 10.6. The van der Waals surface area contributed by atoms with Crippen molar-refractivity contribution < 1.29 is 14.7 Å². The summed E-state index contributed by atoms with van der Waals surface area (Å²) in [5.74, 6) is -1.18. The molecule has 4 rings (SSSR count). The van der Waals surface area contributed by atoms with Gasteiger partial charge < -0.3 is 20.7 Å². The Balaban J connectivity index is 0.00000226. The number of hydrogen-bond acceptors (Lipinski definition) is 5. The zero-order chi connectivity index (χ0) is 30.4. The minimum Gasteiger partial charge on any atom is -0.481 e. The topological polar surface area (TPSA) is 98.9 Å². The molecule has 1 amide bonds. The molecule has 1 aliphatic heterocycles. The summed E-state index contributed by atoms with van der Waals surface area (Å²) in [4.78, 5) is 27.5. The van der Waals surface area contributed by atoms with Crippen LogP contribution in [-0.2, 0) is 17.8 Å². The van der Waals surface area contributed by atoms with Gasteiger partial charge in [-0.25, -0.2) is 5.43 Å². The van der Waals surface area contributed by atoms with Gasteiger partial charge in [-0.1, -0.05) is 49.7 Å². The zero-order valence-electron chi connectivity index (χ0n) is 25.9. The molecule has 0 fully saturated rings. The van der Waals surface area contributed by atoms with Gasteiger partial charge in [-0.2, -0.15) is 0 Å². The number of carbonyl (C=O) groups excluding carboxylic acids is 1. The molecule has 1 unspecified atom stereocenters. The predicted octanol–water partition coefficient (Wildman–Crippen LogP) is 6.29. The van der Waals surface area contributed by atoms with Crippen LogP contribution in [0.15, 0.2) is 42.5 Å². The SMILES string of the molecule is CC.CCN(NC)c1ccc(C(CC(=O)O)c2ccc3c(c2)CN(C(=O)c2cc(C)cc(C)c2C)CC3)c(C)c1N. The Bertz CT molecular complexity index is 1410. The maximum absolute atomic E-state index is 13.6. The maximum atomic E-state index is 13.6. The van der Waals surface area contributed by atoms with E-state index in [9.17, 15) is 14.7 Å². The normalized spacial score (nSPS) is 13.1. The number of nitrogens with two attached hydrogens (primary N) is 1. The van der Waals surface area contributed by atoms with Gasteiger partial charge in [0, 0.05) is 38.2 Å². The smallest absolute Gasteiger partial charge is 0.304 e. The lowest BCUT2D eigenvalue weighted by molar-refractivity contribution is -0.137. The summed E-state index contributed by atoms with van der Waals surface area (Å²) >= 11 is 0. The standard InChI is InChI=1S/C32H40N4O3.C2H6/c1-7-36(34-6)29-11-10-26(22(5)31(29)33)28(17-30(37)38)24-9-8-23-12-13-35(18-25(23)16-24)32(39)27-15-19(2)14-20(3)21(27)4;1-2/h8-11,14-16,28,34H,7,12-13,17-18,33H2,1-6H3,(H,37,38);1-2H3. The maximum Gasteiger partial charge on any atom is 0.304 e. The van der Waals surface area contributed by atoms with Crippen molar-refractivity contribution in [3.63, 3.8) is 0 Å². The largest absolute Gasteiger partial charge is 0.481 e. The van der Waals surface area contributed by atoms with Crippen LogP contribution >= 0.6 is 0 Å². The Hall–Kier alpha value is -3.84. The van der Waals surface area contributed by atoms with Crippen molar-refractivity contribution in [3.8, 4) is 0 Å². The third kappa shape index (κ3) is 6.73. The van der Waals surface area contributed by atoms with Crippen LogP contribution < -0.4 is 16.2 Å². The number of carbonyl (C=O) groups is 2. The number of anilines is 2. The molecule has 1 atom stereocenters. The van der Waals surface area contributed by atoms with Crippen LogP contribution in [0.25, 0.3) is 0 Å². The summed E-state index contributed by atoms with van der Waals surface area (Å²) in [7, 11) is 1.85. The number of benzene rings is 3. The Morgan fingerprint density at radius 1 is 1.02 bits per heavy atom. The molecular formula is C34H46N4O3. The first-order valence-corrected chi connectivity index (χ1v) is 14.6. The summed E-state index contributed by atoms with van der Waals surface area (Å²) < 4.78 is 0. The molecule has 0 bridgehead atoms. The highest BCUT2D eigenvalue weighted by molar-refractivity contribution is 5.96. The van der Waals surface area contributed by atoms with Gasteiger partial charge in [0.2, 0.25) is 0 Å². The molecule has 4 N–H and O–H groups in total. The molecule has 3 aromatic carbocycles. The number of carboxylic acids is 1. The first-order chi connectivity index (χ1) is 19.5. The summed E-state index contributed by atoms with van der Waals surface area (Å²) in [6.45, 7) is 16.0. The van der Waals surface area contributed by atoms with Crippen LogP contribution in [0, 0.1) is 27.7 Å². The Kier molecular flexibility index (Phi) is 10.6. The van der Waals surface area contributed by atoms with Gasteiger partial charge in [0.1, 0.15) is 0 Å². The fourth-order valence-corrected chi connectivity index (χ4v) is 5.77. The monoisotopic (exact) mass is 558 g/mol. The number of carboxylic acid groups (broad SMARTS) is 1. The fourth-order valence-electron chi connectivity index (χ4n) is 5.77. The number of rotatable bonds is 8. The highest BCUT2D eigenvalue weighted by Gasteiger charge is 2.27. The minimum absolute atomic E-state index is 0.0432. The molecular weight excluding hydrogens is 512 g/mol. The number of nitrogens with one attached hydrogen (secondary N) is 1. The molecule has 0 saturated heterocycles. The van der Waals surface area contributed by atoms with Crippen molar-refractivity contribution in [2.45, 2.75) is 73.8 Å². The van der Waals surface area contributed by atoms with Gasteiger partial charge in [-0.15, -0.1) is 0 Å². The van der Waals surface area contributed by atoms with Crippen LogP contribution in [0.3, 0.4) is 0 Å². The van der Waals surface area contributed by atoms with E-state index in [1.165, 1.54) is 5.56 Å². The fraction of sp³-hybridized carbons (Fsp3) is 0.412. The van der Waals surface area contributed by atoms with E-state index in [2.05, 4.69) is 23.6 Å². The number of hydrogen-bond donors (Lipinski definition) is 3. The molecule has 0 aliphatic carbocycles. The van der Waals surface area contributed by atoms with Crippen LogP contribution in [0.1, 0.15) is 88.0 Å². The van der Waals surface area contributed by atoms with Gasteiger partial charge in [0.25, 0.3) is 5.91 Å². The van der Waals surface area contributed by atoms with E-state index in [0.29, 0.717) is 18.8 Å². The lowest BCUT2D eigenvalue weighted by Crippen LogP contribution is -2.36. The Morgan fingerprint density at radius 2 is 1.73 bits per heavy atom. The molecule has 0 radical (unpaired) electrons. The van der Waals surface area contributed by atoms with Crippen molar-refractivity contribution in [1.29, 1.82) is 0 Å². The third-order valence-electron chi connectivity index (χ3n) is 8.14. The number of nitrogen functional groups attached to an aromatic ring is 1. The van der Waals surface area contributed by atoms with Gasteiger partial charge in [0.05, 0.1) is 17.8 Å². The molecule has 0 spiro atoms. The van der Waals surface area contributed by atoms with Crippen molar-refractivity contribution in [2.24, 2.45) is 0 Å². The van der Waals surface area contributed by atoms with E-state index in [1.807, 2.05) is 89.7 Å². The molecule has 3 aromatic rings. The summed E-state index contributed by atoms with van der Waals surface area (Å²) in [5, 5.41) is 11.8. The van der Waals surface area contributed by atoms with E-state index in [4.69, 9.17) is 5.73 Å². The predicted molar refractivity (Wildman–Crippen MR) is 169 cm³/mol. The van der Waals surface area contributed by atoms with Gasteiger partial charge in [-0.05, 0) is 92.1 Å². The molecule has 1 heterocycles. The average Bonchev–Trinajstić information content (AvgIpc) is 2.96. The number of amides is 1. The van der Waals surface area contributed by atoms with Crippen molar-refractivity contribution in [3.05, 3.63) is 92.5 Å². The van der Waals surface area contributed by atoms with Gasteiger partial charge in [-0.3, -0.25) is 9.59 Å². The summed E-state index contributed by atoms with van der Waals surface area (Å²) in [5.41, 5.74) is 20.2. The second-order valence-corrected chi connectivity index (χ2v) is 10.6. The van der Waals surface area contributed by atoms with Crippen molar-refractivity contribution >= 4 is 23.3 Å². The van der Waals surface area contributed by atoms with Crippen molar-refractivity contribution in [1.82, 2.24) is 10.3 Å². The van der Waals surface area contributed by atoms with E-state index < -0.39 is 5.97 Å². The molecule has 220 valence electrons. The minimum atomic E-state index is -0.868. The Labute approximate surface area is 245 Å².